The largest absolute Gasteiger partial charge is 0.361 e. The van der Waals surface area contributed by atoms with Crippen molar-refractivity contribution in [2.75, 3.05) is 0 Å². The maximum Gasteiger partial charge on any atom is 0.257 e. The van der Waals surface area contributed by atoms with Gasteiger partial charge in [0.05, 0.1) is 11.9 Å². The third-order valence-corrected chi connectivity index (χ3v) is 3.27. The van der Waals surface area contributed by atoms with Crippen molar-refractivity contribution in [1.82, 2.24) is 20.3 Å². The molecule has 6 heteroatoms. The predicted octanol–water partition coefficient (Wildman–Crippen LogP) is 1.52. The molecule has 0 spiro atoms. The standard InChI is InChI=1S/C13H18N4O2/c1-5-11-12(9(3)19-16-11)13(18)14-6-10-7-15-17(4)8(10)2/h7H,5-6H2,1-4H3,(H,14,18). The van der Waals surface area contributed by atoms with Gasteiger partial charge in [0.1, 0.15) is 11.3 Å². The molecular weight excluding hydrogens is 244 g/mol. The molecule has 0 saturated carbocycles. The average molecular weight is 262 g/mol. The van der Waals surface area contributed by atoms with Crippen LogP contribution in [0.15, 0.2) is 10.7 Å². The first kappa shape index (κ1) is 13.3. The van der Waals surface area contributed by atoms with Crippen molar-refractivity contribution < 1.29 is 9.32 Å². The van der Waals surface area contributed by atoms with E-state index in [9.17, 15) is 4.79 Å². The van der Waals surface area contributed by atoms with Crippen molar-refractivity contribution in [2.24, 2.45) is 7.05 Å². The van der Waals surface area contributed by atoms with Crippen molar-refractivity contribution >= 4 is 5.91 Å². The van der Waals surface area contributed by atoms with Crippen LogP contribution >= 0.6 is 0 Å². The summed E-state index contributed by atoms with van der Waals surface area (Å²) >= 11 is 0. The predicted molar refractivity (Wildman–Crippen MR) is 69.7 cm³/mol. The molecule has 0 saturated heterocycles. The molecule has 0 aromatic carbocycles. The molecule has 0 aliphatic heterocycles. The lowest BCUT2D eigenvalue weighted by Gasteiger charge is -2.05. The fraction of sp³-hybridized carbons (Fsp3) is 0.462. The van der Waals surface area contributed by atoms with Gasteiger partial charge >= 0.3 is 0 Å². The van der Waals surface area contributed by atoms with E-state index in [2.05, 4.69) is 15.6 Å². The minimum absolute atomic E-state index is 0.154. The summed E-state index contributed by atoms with van der Waals surface area (Å²) in [6, 6.07) is 0. The first-order valence-electron chi connectivity index (χ1n) is 6.25. The summed E-state index contributed by atoms with van der Waals surface area (Å²) in [7, 11) is 1.87. The molecule has 0 unspecified atom stereocenters. The van der Waals surface area contributed by atoms with Crippen LogP contribution in [0, 0.1) is 13.8 Å². The maximum atomic E-state index is 12.2. The normalized spacial score (nSPS) is 10.7. The highest BCUT2D eigenvalue weighted by Gasteiger charge is 2.19. The van der Waals surface area contributed by atoms with Gasteiger partial charge < -0.3 is 9.84 Å². The Hall–Kier alpha value is -2.11. The fourth-order valence-corrected chi connectivity index (χ4v) is 1.93. The van der Waals surface area contributed by atoms with Crippen LogP contribution in [0.4, 0.5) is 0 Å². The number of aryl methyl sites for hydroxylation is 3. The number of hydrogen-bond donors (Lipinski definition) is 1. The molecule has 1 N–H and O–H groups in total. The van der Waals surface area contributed by atoms with Crippen molar-refractivity contribution in [3.63, 3.8) is 0 Å². The van der Waals surface area contributed by atoms with Gasteiger partial charge in [0.15, 0.2) is 0 Å². The van der Waals surface area contributed by atoms with Gasteiger partial charge in [-0.3, -0.25) is 9.48 Å². The summed E-state index contributed by atoms with van der Waals surface area (Å²) in [4.78, 5) is 12.2. The Morgan fingerprint density at radius 3 is 2.79 bits per heavy atom. The Morgan fingerprint density at radius 1 is 1.47 bits per heavy atom. The molecule has 2 heterocycles. The molecule has 2 aromatic heterocycles. The molecule has 2 rings (SSSR count). The summed E-state index contributed by atoms with van der Waals surface area (Å²) < 4.78 is 6.84. The lowest BCUT2D eigenvalue weighted by molar-refractivity contribution is 0.0948. The molecule has 0 radical (unpaired) electrons. The summed E-state index contributed by atoms with van der Waals surface area (Å²) in [5.74, 6) is 0.399. The third-order valence-electron chi connectivity index (χ3n) is 3.27. The second-order valence-electron chi connectivity index (χ2n) is 4.48. The van der Waals surface area contributed by atoms with Crippen LogP contribution in [-0.2, 0) is 20.0 Å². The zero-order valence-corrected chi connectivity index (χ0v) is 11.6. The SMILES string of the molecule is CCc1noc(C)c1C(=O)NCc1cnn(C)c1C. The lowest BCUT2D eigenvalue weighted by atomic mass is 10.1. The van der Waals surface area contributed by atoms with E-state index in [1.165, 1.54) is 0 Å². The van der Waals surface area contributed by atoms with Gasteiger partial charge in [-0.1, -0.05) is 12.1 Å². The maximum absolute atomic E-state index is 12.2. The van der Waals surface area contributed by atoms with Crippen LogP contribution < -0.4 is 5.32 Å². The van der Waals surface area contributed by atoms with Gasteiger partial charge in [0, 0.05) is 24.8 Å². The highest BCUT2D eigenvalue weighted by atomic mass is 16.5. The Balaban J connectivity index is 2.09. The molecule has 102 valence electrons. The van der Waals surface area contributed by atoms with E-state index >= 15 is 0 Å². The Morgan fingerprint density at radius 2 is 2.21 bits per heavy atom. The van der Waals surface area contributed by atoms with Gasteiger partial charge in [-0.15, -0.1) is 0 Å². The monoisotopic (exact) mass is 262 g/mol. The molecule has 0 aliphatic rings. The van der Waals surface area contributed by atoms with Gasteiger partial charge in [-0.05, 0) is 20.3 Å². The highest BCUT2D eigenvalue weighted by molar-refractivity contribution is 5.96. The average Bonchev–Trinajstić information content (AvgIpc) is 2.92. The molecule has 0 atom stereocenters. The molecule has 0 fully saturated rings. The van der Waals surface area contributed by atoms with Gasteiger partial charge in [-0.2, -0.15) is 5.10 Å². The second kappa shape index (κ2) is 5.26. The molecular formula is C13H18N4O2. The summed E-state index contributed by atoms with van der Waals surface area (Å²) in [6.45, 7) is 6.11. The topological polar surface area (TPSA) is 73.0 Å². The molecule has 1 amide bonds. The minimum atomic E-state index is -0.154. The van der Waals surface area contributed by atoms with E-state index in [4.69, 9.17) is 4.52 Å². The van der Waals surface area contributed by atoms with E-state index in [1.54, 1.807) is 17.8 Å². The first-order valence-corrected chi connectivity index (χ1v) is 6.25. The van der Waals surface area contributed by atoms with Gasteiger partial charge in [-0.25, -0.2) is 0 Å². The van der Waals surface area contributed by atoms with Crippen LogP contribution in [0.5, 0.6) is 0 Å². The Bertz CT molecular complexity index is 598. The number of carbonyl (C=O) groups is 1. The van der Waals surface area contributed by atoms with Gasteiger partial charge in [0.25, 0.3) is 5.91 Å². The molecule has 19 heavy (non-hydrogen) atoms. The summed E-state index contributed by atoms with van der Waals surface area (Å²) in [5, 5.41) is 10.9. The fourth-order valence-electron chi connectivity index (χ4n) is 1.93. The van der Waals surface area contributed by atoms with Crippen molar-refractivity contribution in [1.29, 1.82) is 0 Å². The van der Waals surface area contributed by atoms with Crippen LogP contribution in [0.3, 0.4) is 0 Å². The minimum Gasteiger partial charge on any atom is -0.361 e. The van der Waals surface area contributed by atoms with Crippen LogP contribution in [0.1, 0.15) is 40.0 Å². The zero-order valence-electron chi connectivity index (χ0n) is 11.6. The third kappa shape index (κ3) is 2.52. The lowest BCUT2D eigenvalue weighted by Crippen LogP contribution is -2.24. The Kier molecular flexibility index (Phi) is 3.69. The quantitative estimate of drug-likeness (QED) is 0.906. The van der Waals surface area contributed by atoms with E-state index in [0.717, 1.165) is 11.3 Å². The van der Waals surface area contributed by atoms with E-state index in [-0.39, 0.29) is 5.91 Å². The molecule has 2 aromatic rings. The number of nitrogens with one attached hydrogen (secondary N) is 1. The second-order valence-corrected chi connectivity index (χ2v) is 4.48. The molecule has 0 aliphatic carbocycles. The van der Waals surface area contributed by atoms with Gasteiger partial charge in [0.2, 0.25) is 0 Å². The van der Waals surface area contributed by atoms with Crippen LogP contribution in [-0.4, -0.2) is 20.8 Å². The summed E-state index contributed by atoms with van der Waals surface area (Å²) in [6.07, 6.45) is 2.43. The number of rotatable bonds is 4. The smallest absolute Gasteiger partial charge is 0.257 e. The summed E-state index contributed by atoms with van der Waals surface area (Å²) in [5.41, 5.74) is 3.28. The highest BCUT2D eigenvalue weighted by Crippen LogP contribution is 2.14. The number of nitrogens with zero attached hydrogens (tertiary/aromatic N) is 3. The first-order chi connectivity index (χ1) is 9.04. The van der Waals surface area contributed by atoms with Crippen LogP contribution in [0.2, 0.25) is 0 Å². The number of amides is 1. The van der Waals surface area contributed by atoms with Crippen molar-refractivity contribution in [2.45, 2.75) is 33.7 Å². The Labute approximate surface area is 111 Å². The van der Waals surface area contributed by atoms with E-state index in [1.807, 2.05) is 20.9 Å². The van der Waals surface area contributed by atoms with Crippen LogP contribution in [0.25, 0.3) is 0 Å². The van der Waals surface area contributed by atoms with E-state index in [0.29, 0.717) is 30.0 Å². The zero-order chi connectivity index (χ0) is 14.0. The van der Waals surface area contributed by atoms with Crippen molar-refractivity contribution in [3.8, 4) is 0 Å². The number of carbonyl (C=O) groups excluding carboxylic acids is 1. The van der Waals surface area contributed by atoms with E-state index < -0.39 is 0 Å². The number of aromatic nitrogens is 3. The molecule has 6 nitrogen and oxygen atoms in total. The molecule has 0 bridgehead atoms. The van der Waals surface area contributed by atoms with Crippen molar-refractivity contribution in [3.05, 3.63) is 34.5 Å². The number of hydrogen-bond acceptors (Lipinski definition) is 4.